The molecule has 3 aromatic rings. The van der Waals surface area contributed by atoms with E-state index in [1.165, 1.54) is 10.8 Å². The Bertz CT molecular complexity index is 1040. The van der Waals surface area contributed by atoms with E-state index in [0.717, 1.165) is 15.8 Å². The van der Waals surface area contributed by atoms with Crippen LogP contribution >= 0.6 is 11.3 Å². The van der Waals surface area contributed by atoms with Crippen molar-refractivity contribution in [3.63, 3.8) is 0 Å². The molecular formula is C24H28O6S. The van der Waals surface area contributed by atoms with Gasteiger partial charge in [0.2, 0.25) is 0 Å². The van der Waals surface area contributed by atoms with Gasteiger partial charge in [0, 0.05) is 38.6 Å². The number of benzene rings is 2. The maximum Gasteiger partial charge on any atom is 0.126 e. The molecular weight excluding hydrogens is 416 g/mol. The highest BCUT2D eigenvalue weighted by Gasteiger charge is 2.40. The molecule has 0 saturated carbocycles. The Kier molecular flexibility index (Phi) is 5.98. The van der Waals surface area contributed by atoms with Gasteiger partial charge >= 0.3 is 0 Å². The SMILES string of the molecule is COc1cc(O)c(C2OC(CO)CC(O)C2O)cc1C(C)(C)c1cc2ccccc2s1. The van der Waals surface area contributed by atoms with Crippen molar-refractivity contribution in [2.75, 3.05) is 13.7 Å². The number of aliphatic hydroxyl groups excluding tert-OH is 3. The topological polar surface area (TPSA) is 99.4 Å². The molecule has 0 amide bonds. The van der Waals surface area contributed by atoms with Crippen LogP contribution in [0.4, 0.5) is 0 Å². The van der Waals surface area contributed by atoms with Gasteiger partial charge in [0.25, 0.3) is 0 Å². The normalized spacial score (nSPS) is 24.5. The van der Waals surface area contributed by atoms with Crippen molar-refractivity contribution in [3.05, 3.63) is 58.5 Å². The van der Waals surface area contributed by atoms with E-state index < -0.39 is 29.8 Å². The number of hydrogen-bond donors (Lipinski definition) is 4. The lowest BCUT2D eigenvalue weighted by molar-refractivity contribution is -0.180. The molecule has 1 fully saturated rings. The molecule has 1 aliphatic heterocycles. The molecule has 1 saturated heterocycles. The van der Waals surface area contributed by atoms with Crippen LogP contribution in [0.1, 0.15) is 42.4 Å². The predicted octanol–water partition coefficient (Wildman–Crippen LogP) is 3.49. The molecule has 4 atom stereocenters. The van der Waals surface area contributed by atoms with E-state index in [1.807, 2.05) is 12.1 Å². The molecule has 4 unspecified atom stereocenters. The number of hydrogen-bond acceptors (Lipinski definition) is 7. The molecule has 2 heterocycles. The number of fused-ring (bicyclic) bond motifs is 1. The number of ether oxygens (including phenoxy) is 2. The minimum atomic E-state index is -1.22. The number of rotatable bonds is 5. The Hall–Kier alpha value is -2.16. The predicted molar refractivity (Wildman–Crippen MR) is 120 cm³/mol. The molecule has 4 N–H and O–H groups in total. The zero-order chi connectivity index (χ0) is 22.3. The van der Waals surface area contributed by atoms with Crippen LogP contribution in [-0.2, 0) is 10.2 Å². The summed E-state index contributed by atoms with van der Waals surface area (Å²) in [7, 11) is 1.55. The van der Waals surface area contributed by atoms with Crippen molar-refractivity contribution >= 4 is 21.4 Å². The molecule has 0 spiro atoms. The lowest BCUT2D eigenvalue weighted by Gasteiger charge is -2.37. The molecule has 1 aromatic heterocycles. The van der Waals surface area contributed by atoms with Crippen LogP contribution in [0, 0.1) is 0 Å². The molecule has 0 bridgehead atoms. The number of thiophene rings is 1. The van der Waals surface area contributed by atoms with E-state index in [1.54, 1.807) is 24.5 Å². The number of aromatic hydroxyl groups is 1. The van der Waals surface area contributed by atoms with Gasteiger partial charge in [-0.15, -0.1) is 11.3 Å². The van der Waals surface area contributed by atoms with Crippen molar-refractivity contribution in [1.29, 1.82) is 0 Å². The first kappa shape index (κ1) is 22.0. The Morgan fingerprint density at radius 2 is 1.90 bits per heavy atom. The second kappa shape index (κ2) is 8.41. The third-order valence-electron chi connectivity index (χ3n) is 6.12. The summed E-state index contributed by atoms with van der Waals surface area (Å²) in [5, 5.41) is 42.2. The molecule has 6 nitrogen and oxygen atoms in total. The van der Waals surface area contributed by atoms with Crippen LogP contribution in [0.5, 0.6) is 11.5 Å². The summed E-state index contributed by atoms with van der Waals surface area (Å²) in [6.45, 7) is 3.89. The molecule has 0 aliphatic carbocycles. The van der Waals surface area contributed by atoms with Gasteiger partial charge in [-0.25, -0.2) is 0 Å². The lowest BCUT2D eigenvalue weighted by atomic mass is 9.80. The summed E-state index contributed by atoms with van der Waals surface area (Å²) in [4.78, 5) is 1.13. The second-order valence-electron chi connectivity index (χ2n) is 8.54. The van der Waals surface area contributed by atoms with Crippen LogP contribution in [0.2, 0.25) is 0 Å². The molecule has 31 heavy (non-hydrogen) atoms. The van der Waals surface area contributed by atoms with Gasteiger partial charge in [-0.1, -0.05) is 32.0 Å². The van der Waals surface area contributed by atoms with Crippen LogP contribution in [0.25, 0.3) is 10.1 Å². The van der Waals surface area contributed by atoms with Crippen LogP contribution in [0.15, 0.2) is 42.5 Å². The van der Waals surface area contributed by atoms with Crippen molar-refractivity contribution in [3.8, 4) is 11.5 Å². The fourth-order valence-electron chi connectivity index (χ4n) is 4.22. The summed E-state index contributed by atoms with van der Waals surface area (Å²) < 4.78 is 12.6. The van der Waals surface area contributed by atoms with Crippen molar-refractivity contribution in [2.45, 2.75) is 50.1 Å². The third-order valence-corrected chi connectivity index (χ3v) is 7.56. The zero-order valence-electron chi connectivity index (χ0n) is 17.8. The average molecular weight is 445 g/mol. The van der Waals surface area contributed by atoms with E-state index in [0.29, 0.717) is 11.3 Å². The van der Waals surface area contributed by atoms with E-state index in [9.17, 15) is 20.4 Å². The average Bonchev–Trinajstić information content (AvgIpc) is 3.20. The summed E-state index contributed by atoms with van der Waals surface area (Å²) >= 11 is 1.70. The maximum absolute atomic E-state index is 10.7. The van der Waals surface area contributed by atoms with E-state index in [2.05, 4.69) is 32.0 Å². The molecule has 0 radical (unpaired) electrons. The largest absolute Gasteiger partial charge is 0.507 e. The Balaban J connectivity index is 1.82. The standard InChI is InChI=1S/C24H28O6S/c1-24(2,21-8-13-6-4-5-7-20(13)31-21)16-10-15(17(26)11-19(16)29-3)23-22(28)18(27)9-14(12-25)30-23/h4-8,10-11,14,18,22-23,25-28H,9,12H2,1-3H3. The van der Waals surface area contributed by atoms with Gasteiger partial charge in [-0.3, -0.25) is 0 Å². The number of phenolic OH excluding ortho intramolecular Hbond substituents is 1. The van der Waals surface area contributed by atoms with Gasteiger partial charge in [-0.05, 0) is 23.6 Å². The first-order valence-corrected chi connectivity index (χ1v) is 11.1. The van der Waals surface area contributed by atoms with Crippen molar-refractivity contribution in [1.82, 2.24) is 0 Å². The third kappa shape index (κ3) is 3.92. The fourth-order valence-corrected chi connectivity index (χ4v) is 5.40. The van der Waals surface area contributed by atoms with Crippen LogP contribution < -0.4 is 4.74 Å². The van der Waals surface area contributed by atoms with Gasteiger partial charge in [0.05, 0.1) is 25.9 Å². The second-order valence-corrected chi connectivity index (χ2v) is 9.62. The Morgan fingerprint density at radius 3 is 2.58 bits per heavy atom. The van der Waals surface area contributed by atoms with E-state index in [4.69, 9.17) is 9.47 Å². The smallest absolute Gasteiger partial charge is 0.126 e. The summed E-state index contributed by atoms with van der Waals surface area (Å²) in [5.74, 6) is 0.427. The van der Waals surface area contributed by atoms with Gasteiger partial charge < -0.3 is 29.9 Å². The van der Waals surface area contributed by atoms with Crippen molar-refractivity contribution in [2.24, 2.45) is 0 Å². The van der Waals surface area contributed by atoms with Crippen LogP contribution in [-0.4, -0.2) is 52.5 Å². The van der Waals surface area contributed by atoms with Gasteiger partial charge in [-0.2, -0.15) is 0 Å². The molecule has 2 aromatic carbocycles. The fraction of sp³-hybridized carbons (Fsp3) is 0.417. The zero-order valence-corrected chi connectivity index (χ0v) is 18.6. The lowest BCUT2D eigenvalue weighted by Crippen LogP contribution is -2.44. The highest BCUT2D eigenvalue weighted by Crippen LogP contribution is 2.46. The summed E-state index contributed by atoms with van der Waals surface area (Å²) in [6.07, 6.45) is -3.74. The molecule has 7 heteroatoms. The van der Waals surface area contributed by atoms with Gasteiger partial charge in [0.1, 0.15) is 23.7 Å². The first-order chi connectivity index (χ1) is 14.8. The quantitative estimate of drug-likeness (QED) is 0.481. The summed E-state index contributed by atoms with van der Waals surface area (Å²) in [6, 6.07) is 13.6. The maximum atomic E-state index is 10.7. The van der Waals surface area contributed by atoms with Gasteiger partial charge in [0.15, 0.2) is 0 Å². The Labute approximate surface area is 185 Å². The number of methoxy groups -OCH3 is 1. The monoisotopic (exact) mass is 444 g/mol. The minimum Gasteiger partial charge on any atom is -0.507 e. The highest BCUT2D eigenvalue weighted by atomic mass is 32.1. The number of phenols is 1. The minimum absolute atomic E-state index is 0.0948. The first-order valence-electron chi connectivity index (χ1n) is 10.3. The van der Waals surface area contributed by atoms with Crippen molar-refractivity contribution < 1.29 is 29.9 Å². The number of aliphatic hydroxyl groups is 3. The summed E-state index contributed by atoms with van der Waals surface area (Å²) in [5.41, 5.74) is 0.715. The highest BCUT2D eigenvalue weighted by molar-refractivity contribution is 7.19. The van der Waals surface area contributed by atoms with E-state index in [-0.39, 0.29) is 18.8 Å². The Morgan fingerprint density at radius 1 is 1.16 bits per heavy atom. The molecule has 166 valence electrons. The van der Waals surface area contributed by atoms with Crippen LogP contribution in [0.3, 0.4) is 0 Å². The van der Waals surface area contributed by atoms with E-state index >= 15 is 0 Å². The molecule has 1 aliphatic rings. The molecule has 4 rings (SSSR count).